The summed E-state index contributed by atoms with van der Waals surface area (Å²) in [5.74, 6) is -0.672. The molecular weight excluding hydrogens is 524 g/mol. The Labute approximate surface area is 243 Å². The SMILES string of the molecule is Cc1ccc(CNC(=O)c2ccccc2N2C(=O)[C@@H]3Cc4c([nH]c5ccccc45)[C@H](c4ccc(C)cc4)N3C2=O)cc1. The molecule has 0 aliphatic carbocycles. The van der Waals surface area contributed by atoms with Gasteiger partial charge in [0.15, 0.2) is 0 Å². The lowest BCUT2D eigenvalue weighted by Crippen LogP contribution is -2.44. The molecule has 5 aromatic rings. The predicted molar refractivity (Wildman–Crippen MR) is 162 cm³/mol. The Balaban J connectivity index is 1.27. The van der Waals surface area contributed by atoms with Gasteiger partial charge in [0.1, 0.15) is 12.1 Å². The van der Waals surface area contributed by atoms with E-state index in [4.69, 9.17) is 0 Å². The fraction of sp³-hybridized carbons (Fsp3) is 0.171. The van der Waals surface area contributed by atoms with Crippen LogP contribution in [0.2, 0.25) is 0 Å². The molecule has 2 N–H and O–H groups in total. The van der Waals surface area contributed by atoms with Crippen molar-refractivity contribution in [1.29, 1.82) is 0 Å². The van der Waals surface area contributed by atoms with Crippen molar-refractivity contribution in [2.45, 2.75) is 38.9 Å². The number of aromatic amines is 1. The molecule has 42 heavy (non-hydrogen) atoms. The molecule has 0 radical (unpaired) electrons. The van der Waals surface area contributed by atoms with E-state index in [0.717, 1.165) is 44.4 Å². The summed E-state index contributed by atoms with van der Waals surface area (Å²) in [7, 11) is 0. The fourth-order valence-electron chi connectivity index (χ4n) is 6.24. The highest BCUT2D eigenvalue weighted by atomic mass is 16.2. The smallest absolute Gasteiger partial charge is 0.332 e. The molecule has 2 aliphatic rings. The first-order valence-corrected chi connectivity index (χ1v) is 14.2. The Kier molecular flexibility index (Phi) is 6.16. The maximum absolute atomic E-state index is 14.3. The van der Waals surface area contributed by atoms with E-state index >= 15 is 0 Å². The van der Waals surface area contributed by atoms with Gasteiger partial charge in [-0.05, 0) is 48.7 Å². The van der Waals surface area contributed by atoms with Crippen molar-refractivity contribution >= 4 is 34.4 Å². The lowest BCUT2D eigenvalue weighted by atomic mass is 9.88. The molecule has 0 bridgehead atoms. The molecule has 1 saturated heterocycles. The summed E-state index contributed by atoms with van der Waals surface area (Å²) in [6.07, 6.45) is 0.393. The number of H-pyrrole nitrogens is 1. The van der Waals surface area contributed by atoms with E-state index in [1.165, 1.54) is 4.90 Å². The first kappa shape index (κ1) is 25.8. The summed E-state index contributed by atoms with van der Waals surface area (Å²) in [5, 5.41) is 4.01. The van der Waals surface area contributed by atoms with Crippen LogP contribution in [0.1, 0.15) is 49.9 Å². The van der Waals surface area contributed by atoms with E-state index in [0.29, 0.717) is 18.7 Å². The number of imide groups is 1. The van der Waals surface area contributed by atoms with E-state index < -0.39 is 18.1 Å². The van der Waals surface area contributed by atoms with Gasteiger partial charge >= 0.3 is 6.03 Å². The summed E-state index contributed by atoms with van der Waals surface area (Å²) < 4.78 is 0. The number of hydrogen-bond donors (Lipinski definition) is 2. The molecular formula is C35H30N4O3. The Hall–Kier alpha value is -5.17. The monoisotopic (exact) mass is 554 g/mol. The van der Waals surface area contributed by atoms with E-state index in [2.05, 4.69) is 16.4 Å². The number of carbonyl (C=O) groups is 3. The number of hydrogen-bond acceptors (Lipinski definition) is 3. The Morgan fingerprint density at radius 3 is 2.29 bits per heavy atom. The zero-order valence-electron chi connectivity index (χ0n) is 23.4. The molecule has 7 nitrogen and oxygen atoms in total. The van der Waals surface area contributed by atoms with Gasteiger partial charge in [-0.2, -0.15) is 0 Å². The highest BCUT2D eigenvalue weighted by Crippen LogP contribution is 2.45. The third kappa shape index (κ3) is 4.16. The van der Waals surface area contributed by atoms with Crippen LogP contribution in [-0.4, -0.2) is 33.8 Å². The van der Waals surface area contributed by atoms with Gasteiger partial charge in [-0.15, -0.1) is 0 Å². The highest BCUT2D eigenvalue weighted by molar-refractivity contribution is 6.24. The number of nitrogens with one attached hydrogen (secondary N) is 2. The third-order valence-electron chi connectivity index (χ3n) is 8.41. The minimum atomic E-state index is -0.695. The van der Waals surface area contributed by atoms with Gasteiger partial charge in [-0.3, -0.25) is 14.5 Å². The number of amides is 4. The molecule has 208 valence electrons. The minimum absolute atomic E-state index is 0.280. The van der Waals surface area contributed by atoms with Crippen molar-refractivity contribution in [2.24, 2.45) is 0 Å². The fourth-order valence-corrected chi connectivity index (χ4v) is 6.24. The van der Waals surface area contributed by atoms with Crippen molar-refractivity contribution in [3.05, 3.63) is 136 Å². The van der Waals surface area contributed by atoms with Gasteiger partial charge in [0.05, 0.1) is 11.3 Å². The highest BCUT2D eigenvalue weighted by Gasteiger charge is 2.53. The summed E-state index contributed by atoms with van der Waals surface area (Å²) in [5.41, 5.74) is 7.65. The van der Waals surface area contributed by atoms with E-state index in [1.54, 1.807) is 29.2 Å². The zero-order chi connectivity index (χ0) is 29.0. The molecule has 2 aliphatic heterocycles. The number of aryl methyl sites for hydroxylation is 2. The van der Waals surface area contributed by atoms with Crippen LogP contribution in [0, 0.1) is 13.8 Å². The van der Waals surface area contributed by atoms with Crippen LogP contribution in [0.25, 0.3) is 10.9 Å². The van der Waals surface area contributed by atoms with Crippen LogP contribution in [0.5, 0.6) is 0 Å². The molecule has 0 saturated carbocycles. The van der Waals surface area contributed by atoms with Crippen molar-refractivity contribution in [1.82, 2.24) is 15.2 Å². The van der Waals surface area contributed by atoms with E-state index in [-0.39, 0.29) is 17.4 Å². The van der Waals surface area contributed by atoms with Crippen LogP contribution in [0.3, 0.4) is 0 Å². The molecule has 0 spiro atoms. The van der Waals surface area contributed by atoms with Gasteiger partial charge in [0, 0.05) is 29.6 Å². The summed E-state index contributed by atoms with van der Waals surface area (Å²) >= 11 is 0. The van der Waals surface area contributed by atoms with Gasteiger partial charge < -0.3 is 10.3 Å². The van der Waals surface area contributed by atoms with Crippen molar-refractivity contribution < 1.29 is 14.4 Å². The second-order valence-electron chi connectivity index (χ2n) is 11.1. The molecule has 1 fully saturated rings. The first-order valence-electron chi connectivity index (χ1n) is 14.2. The Morgan fingerprint density at radius 2 is 1.52 bits per heavy atom. The number of nitrogens with zero attached hydrogens (tertiary/aromatic N) is 2. The molecule has 7 rings (SSSR count). The molecule has 4 amide bonds. The largest absolute Gasteiger partial charge is 0.356 e. The van der Waals surface area contributed by atoms with Gasteiger partial charge in [0.25, 0.3) is 11.8 Å². The minimum Gasteiger partial charge on any atom is -0.356 e. The lowest BCUT2D eigenvalue weighted by Gasteiger charge is -2.36. The summed E-state index contributed by atoms with van der Waals surface area (Å²) in [6, 6.07) is 29.3. The summed E-state index contributed by atoms with van der Waals surface area (Å²) in [4.78, 5) is 48.3. The molecule has 4 aromatic carbocycles. The van der Waals surface area contributed by atoms with Crippen LogP contribution < -0.4 is 10.2 Å². The maximum atomic E-state index is 14.3. The molecule has 0 unspecified atom stereocenters. The summed E-state index contributed by atoms with van der Waals surface area (Å²) in [6.45, 7) is 4.37. The number of aromatic nitrogens is 1. The van der Waals surface area contributed by atoms with Crippen LogP contribution in [-0.2, 0) is 17.8 Å². The second kappa shape index (κ2) is 10.0. The van der Waals surface area contributed by atoms with Gasteiger partial charge in [0.2, 0.25) is 0 Å². The topological polar surface area (TPSA) is 85.5 Å². The standard InChI is InChI=1S/C35H30N4O3/c1-21-11-15-23(16-12-21)20-36-33(40)26-8-4-6-10-29(26)39-34(41)30-19-27-25-7-3-5-9-28(25)37-31(27)32(38(30)35(39)42)24-17-13-22(2)14-18-24/h3-18,30,32,37H,19-20H2,1-2H3,(H,36,40)/t30-,32-/m0/s1. The maximum Gasteiger partial charge on any atom is 0.332 e. The Morgan fingerprint density at radius 1 is 0.857 bits per heavy atom. The van der Waals surface area contributed by atoms with Crippen LogP contribution in [0.4, 0.5) is 10.5 Å². The number of fused-ring (bicyclic) bond motifs is 4. The Bertz CT molecular complexity index is 1860. The van der Waals surface area contributed by atoms with Gasteiger partial charge in [-0.25, -0.2) is 9.69 Å². The number of rotatable bonds is 5. The predicted octanol–water partition coefficient (Wildman–Crippen LogP) is 6.20. The number of para-hydroxylation sites is 2. The number of urea groups is 1. The van der Waals surface area contributed by atoms with Crippen molar-refractivity contribution in [3.63, 3.8) is 0 Å². The number of benzene rings is 4. The third-order valence-corrected chi connectivity index (χ3v) is 8.41. The normalized spacial score (nSPS) is 17.9. The van der Waals surface area contributed by atoms with Crippen molar-refractivity contribution in [3.8, 4) is 0 Å². The molecule has 7 heteroatoms. The first-order chi connectivity index (χ1) is 20.4. The molecule has 2 atom stereocenters. The molecule has 1 aromatic heterocycles. The van der Waals surface area contributed by atoms with Crippen molar-refractivity contribution in [2.75, 3.05) is 4.90 Å². The average Bonchev–Trinajstić information content (AvgIpc) is 3.50. The van der Waals surface area contributed by atoms with E-state index in [9.17, 15) is 14.4 Å². The van der Waals surface area contributed by atoms with Gasteiger partial charge in [-0.1, -0.05) is 90.0 Å². The molecule has 3 heterocycles. The number of carbonyl (C=O) groups excluding carboxylic acids is 3. The van der Waals surface area contributed by atoms with Crippen LogP contribution >= 0.6 is 0 Å². The lowest BCUT2D eigenvalue weighted by molar-refractivity contribution is -0.120. The number of anilines is 1. The zero-order valence-corrected chi connectivity index (χ0v) is 23.4. The van der Waals surface area contributed by atoms with E-state index in [1.807, 2.05) is 80.6 Å². The second-order valence-corrected chi connectivity index (χ2v) is 11.1. The quantitative estimate of drug-likeness (QED) is 0.254. The average molecular weight is 555 g/mol. The van der Waals surface area contributed by atoms with Crippen LogP contribution in [0.15, 0.2) is 97.1 Å².